The van der Waals surface area contributed by atoms with Crippen molar-refractivity contribution in [3.8, 4) is 0 Å². The van der Waals surface area contributed by atoms with E-state index in [0.717, 1.165) is 25.2 Å². The van der Waals surface area contributed by atoms with Crippen LogP contribution in [0.25, 0.3) is 0 Å². The van der Waals surface area contributed by atoms with Gasteiger partial charge in [0.25, 0.3) is 5.91 Å². The van der Waals surface area contributed by atoms with Crippen molar-refractivity contribution in [2.24, 2.45) is 11.7 Å². The van der Waals surface area contributed by atoms with Crippen LogP contribution in [0.3, 0.4) is 0 Å². The van der Waals surface area contributed by atoms with Crippen molar-refractivity contribution in [2.45, 2.75) is 13.0 Å². The predicted molar refractivity (Wildman–Crippen MR) is 79.5 cm³/mol. The summed E-state index contributed by atoms with van der Waals surface area (Å²) in [5.41, 5.74) is 7.28. The van der Waals surface area contributed by atoms with Gasteiger partial charge in [-0.15, -0.1) is 12.4 Å². The number of nitrogens with one attached hydrogen (secondary N) is 1. The van der Waals surface area contributed by atoms with Crippen molar-refractivity contribution in [1.29, 1.82) is 0 Å². The minimum absolute atomic E-state index is 0. The number of carbonyl (C=O) groups excluding carboxylic acids is 1. The Morgan fingerprint density at radius 3 is 2.63 bits per heavy atom. The molecule has 2 rings (SSSR count). The molecule has 1 fully saturated rings. The zero-order chi connectivity index (χ0) is 13.0. The van der Waals surface area contributed by atoms with Gasteiger partial charge in [-0.2, -0.15) is 0 Å². The summed E-state index contributed by atoms with van der Waals surface area (Å²) in [5.74, 6) is 0.593. The molecule has 19 heavy (non-hydrogen) atoms. The number of nitrogens with zero attached hydrogens (tertiary/aromatic N) is 1. The number of benzene rings is 1. The molecule has 1 unspecified atom stereocenters. The molecule has 0 aromatic heterocycles. The lowest BCUT2D eigenvalue weighted by Gasteiger charge is -2.11. The van der Waals surface area contributed by atoms with Gasteiger partial charge in [0.05, 0.1) is 0 Å². The first-order valence-corrected chi connectivity index (χ1v) is 6.45. The van der Waals surface area contributed by atoms with Gasteiger partial charge in [0.2, 0.25) is 0 Å². The summed E-state index contributed by atoms with van der Waals surface area (Å²) in [7, 11) is 2.12. The van der Waals surface area contributed by atoms with Crippen LogP contribution in [-0.2, 0) is 6.54 Å². The highest BCUT2D eigenvalue weighted by Crippen LogP contribution is 2.13. The normalized spacial score (nSPS) is 18.9. The molecule has 0 radical (unpaired) electrons. The maximum absolute atomic E-state index is 11.9. The molecule has 1 aromatic rings. The number of carbonyl (C=O) groups is 1. The van der Waals surface area contributed by atoms with Gasteiger partial charge >= 0.3 is 0 Å². The Hall–Kier alpha value is -1.10. The Morgan fingerprint density at radius 1 is 1.42 bits per heavy atom. The molecule has 1 amide bonds. The van der Waals surface area contributed by atoms with Crippen LogP contribution in [-0.4, -0.2) is 37.5 Å². The first kappa shape index (κ1) is 16.0. The zero-order valence-corrected chi connectivity index (χ0v) is 12.1. The van der Waals surface area contributed by atoms with Gasteiger partial charge in [-0.3, -0.25) is 4.79 Å². The monoisotopic (exact) mass is 283 g/mol. The highest BCUT2D eigenvalue weighted by molar-refractivity contribution is 5.94. The number of amides is 1. The number of hydrogen-bond acceptors (Lipinski definition) is 3. The average Bonchev–Trinajstić information content (AvgIpc) is 2.82. The second kappa shape index (κ2) is 7.48. The van der Waals surface area contributed by atoms with Gasteiger partial charge in [0.1, 0.15) is 0 Å². The van der Waals surface area contributed by atoms with Crippen LogP contribution < -0.4 is 11.1 Å². The molecule has 1 atom stereocenters. The van der Waals surface area contributed by atoms with Crippen LogP contribution >= 0.6 is 12.4 Å². The van der Waals surface area contributed by atoms with Gasteiger partial charge in [0.15, 0.2) is 0 Å². The quantitative estimate of drug-likeness (QED) is 0.874. The molecule has 0 spiro atoms. The van der Waals surface area contributed by atoms with Crippen LogP contribution in [0.1, 0.15) is 22.3 Å². The fourth-order valence-electron chi connectivity index (χ4n) is 2.32. The van der Waals surface area contributed by atoms with E-state index in [-0.39, 0.29) is 18.3 Å². The first-order valence-electron chi connectivity index (χ1n) is 6.45. The van der Waals surface area contributed by atoms with Crippen molar-refractivity contribution in [1.82, 2.24) is 10.2 Å². The SMILES string of the molecule is CN1CCC(CNC(=O)c2ccc(CN)cc2)C1.Cl. The van der Waals surface area contributed by atoms with Crippen LogP contribution in [0, 0.1) is 5.92 Å². The topological polar surface area (TPSA) is 58.4 Å². The molecule has 0 aliphatic carbocycles. The lowest BCUT2D eigenvalue weighted by molar-refractivity contribution is 0.0947. The van der Waals surface area contributed by atoms with Crippen molar-refractivity contribution in [3.05, 3.63) is 35.4 Å². The maximum atomic E-state index is 11.9. The van der Waals surface area contributed by atoms with Crippen LogP contribution in [0.5, 0.6) is 0 Å². The highest BCUT2D eigenvalue weighted by Gasteiger charge is 2.19. The molecule has 4 nitrogen and oxygen atoms in total. The largest absolute Gasteiger partial charge is 0.352 e. The summed E-state index contributed by atoms with van der Waals surface area (Å²) in [4.78, 5) is 14.2. The van der Waals surface area contributed by atoms with Gasteiger partial charge in [-0.05, 0) is 43.6 Å². The van der Waals surface area contributed by atoms with E-state index in [4.69, 9.17) is 5.73 Å². The smallest absolute Gasteiger partial charge is 0.251 e. The molecule has 1 saturated heterocycles. The molecule has 5 heteroatoms. The fraction of sp³-hybridized carbons (Fsp3) is 0.500. The second-order valence-corrected chi connectivity index (χ2v) is 5.03. The average molecular weight is 284 g/mol. The van der Waals surface area contributed by atoms with Gasteiger partial charge in [-0.25, -0.2) is 0 Å². The number of halogens is 1. The Balaban J connectivity index is 0.00000180. The number of nitrogens with two attached hydrogens (primary N) is 1. The van der Waals surface area contributed by atoms with Gasteiger partial charge in [-0.1, -0.05) is 12.1 Å². The molecule has 0 saturated carbocycles. The predicted octanol–water partition coefficient (Wildman–Crippen LogP) is 1.25. The summed E-state index contributed by atoms with van der Waals surface area (Å²) >= 11 is 0. The van der Waals surface area contributed by atoms with Crippen LogP contribution in [0.4, 0.5) is 0 Å². The van der Waals surface area contributed by atoms with E-state index < -0.39 is 0 Å². The molecular formula is C14H22ClN3O. The minimum Gasteiger partial charge on any atom is -0.352 e. The van der Waals surface area contributed by atoms with E-state index in [0.29, 0.717) is 18.0 Å². The number of rotatable bonds is 4. The summed E-state index contributed by atoms with van der Waals surface area (Å²) in [5, 5.41) is 3.00. The van der Waals surface area contributed by atoms with E-state index in [2.05, 4.69) is 17.3 Å². The molecule has 1 heterocycles. The lowest BCUT2D eigenvalue weighted by atomic mass is 10.1. The third-order valence-electron chi connectivity index (χ3n) is 3.49. The van der Waals surface area contributed by atoms with Crippen molar-refractivity contribution in [2.75, 3.05) is 26.7 Å². The third-order valence-corrected chi connectivity index (χ3v) is 3.49. The summed E-state index contributed by atoms with van der Waals surface area (Å²) in [6.45, 7) is 3.48. The van der Waals surface area contributed by atoms with E-state index in [1.165, 1.54) is 6.42 Å². The van der Waals surface area contributed by atoms with E-state index >= 15 is 0 Å². The molecule has 1 aromatic carbocycles. The highest BCUT2D eigenvalue weighted by atomic mass is 35.5. The molecule has 0 bridgehead atoms. The Labute approximate surface area is 120 Å². The van der Waals surface area contributed by atoms with Gasteiger partial charge < -0.3 is 16.0 Å². The second-order valence-electron chi connectivity index (χ2n) is 5.03. The van der Waals surface area contributed by atoms with Crippen molar-refractivity contribution in [3.63, 3.8) is 0 Å². The molecule has 106 valence electrons. The van der Waals surface area contributed by atoms with E-state index in [1.54, 1.807) is 0 Å². The molecule has 3 N–H and O–H groups in total. The fourth-order valence-corrected chi connectivity index (χ4v) is 2.32. The maximum Gasteiger partial charge on any atom is 0.251 e. The number of hydrogen-bond donors (Lipinski definition) is 2. The Morgan fingerprint density at radius 2 is 2.11 bits per heavy atom. The minimum atomic E-state index is 0. The number of likely N-dealkylation sites (tertiary alicyclic amines) is 1. The first-order chi connectivity index (χ1) is 8.69. The van der Waals surface area contributed by atoms with Crippen molar-refractivity contribution < 1.29 is 4.79 Å². The zero-order valence-electron chi connectivity index (χ0n) is 11.3. The van der Waals surface area contributed by atoms with Crippen molar-refractivity contribution >= 4 is 18.3 Å². The van der Waals surface area contributed by atoms with E-state index in [9.17, 15) is 4.79 Å². The summed E-state index contributed by atoms with van der Waals surface area (Å²) in [6, 6.07) is 7.47. The lowest BCUT2D eigenvalue weighted by Crippen LogP contribution is -2.30. The Bertz CT molecular complexity index is 408. The molecule has 1 aliphatic heterocycles. The molecule has 1 aliphatic rings. The third kappa shape index (κ3) is 4.49. The summed E-state index contributed by atoms with van der Waals surface area (Å²) in [6.07, 6.45) is 1.17. The molecular weight excluding hydrogens is 262 g/mol. The van der Waals surface area contributed by atoms with Crippen LogP contribution in [0.15, 0.2) is 24.3 Å². The van der Waals surface area contributed by atoms with Gasteiger partial charge in [0, 0.05) is 25.2 Å². The van der Waals surface area contributed by atoms with E-state index in [1.807, 2.05) is 24.3 Å². The van der Waals surface area contributed by atoms with Crippen LogP contribution in [0.2, 0.25) is 0 Å². The standard InChI is InChI=1S/C14H21N3O.ClH/c1-17-7-6-12(10-17)9-16-14(18)13-4-2-11(8-15)3-5-13;/h2-5,12H,6-10,15H2,1H3,(H,16,18);1H. The Kier molecular flexibility index (Phi) is 6.28. The summed E-state index contributed by atoms with van der Waals surface area (Å²) < 4.78 is 0.